The predicted molar refractivity (Wildman–Crippen MR) is 56.7 cm³/mol. The molecule has 84 valence electrons. The predicted octanol–water partition coefficient (Wildman–Crippen LogP) is 1.46. The molecule has 2 rings (SSSR count). The van der Waals surface area contributed by atoms with E-state index in [1.54, 1.807) is 6.26 Å². The fourth-order valence-corrected chi connectivity index (χ4v) is 1.87. The first-order valence-electron chi connectivity index (χ1n) is 5.62. The summed E-state index contributed by atoms with van der Waals surface area (Å²) in [6.45, 7) is 2.38. The quantitative estimate of drug-likeness (QED) is 0.817. The van der Waals surface area contributed by atoms with Crippen molar-refractivity contribution in [1.82, 2.24) is 4.98 Å². The Morgan fingerprint density at radius 3 is 2.93 bits per heavy atom. The molecule has 1 saturated heterocycles. The van der Waals surface area contributed by atoms with Crippen LogP contribution in [0.15, 0.2) is 10.7 Å². The van der Waals surface area contributed by atoms with Gasteiger partial charge >= 0.3 is 0 Å². The second kappa shape index (κ2) is 5.28. The number of hydrogen-bond acceptors (Lipinski definition) is 4. The summed E-state index contributed by atoms with van der Waals surface area (Å²) >= 11 is 0. The number of hydrogen-bond donors (Lipinski definition) is 1. The van der Waals surface area contributed by atoms with E-state index in [0.29, 0.717) is 12.5 Å². The van der Waals surface area contributed by atoms with Crippen LogP contribution in [0.5, 0.6) is 0 Å². The molecule has 1 aliphatic rings. The Kier molecular flexibility index (Phi) is 3.75. The van der Waals surface area contributed by atoms with Gasteiger partial charge in [0.2, 0.25) is 0 Å². The minimum absolute atomic E-state index is 0.522. The molecular formula is C11H18N2O2. The van der Waals surface area contributed by atoms with Crippen LogP contribution < -0.4 is 5.73 Å². The zero-order chi connectivity index (χ0) is 10.5. The Balaban J connectivity index is 1.93. The Bertz CT molecular complexity index is 293. The molecule has 0 atom stereocenters. The lowest BCUT2D eigenvalue weighted by Crippen LogP contribution is -2.14. The number of oxazole rings is 1. The van der Waals surface area contributed by atoms with Gasteiger partial charge in [-0.15, -0.1) is 0 Å². The monoisotopic (exact) mass is 210 g/mol. The third kappa shape index (κ3) is 2.79. The molecule has 0 amide bonds. The first kappa shape index (κ1) is 10.6. The summed E-state index contributed by atoms with van der Waals surface area (Å²) < 4.78 is 10.7. The number of nitrogens with two attached hydrogens (primary N) is 1. The van der Waals surface area contributed by atoms with E-state index < -0.39 is 0 Å². The van der Waals surface area contributed by atoms with Crippen LogP contribution in [0.3, 0.4) is 0 Å². The topological polar surface area (TPSA) is 61.3 Å². The highest BCUT2D eigenvalue weighted by Gasteiger charge is 2.19. The van der Waals surface area contributed by atoms with Gasteiger partial charge in [0, 0.05) is 25.6 Å². The molecule has 4 heteroatoms. The third-order valence-electron chi connectivity index (χ3n) is 2.80. The molecule has 2 N–H and O–H groups in total. The van der Waals surface area contributed by atoms with Crippen molar-refractivity contribution in [3.63, 3.8) is 0 Å². The molecule has 0 bridgehead atoms. The minimum atomic E-state index is 0.522. The van der Waals surface area contributed by atoms with Crippen molar-refractivity contribution < 1.29 is 9.15 Å². The molecular weight excluding hydrogens is 192 g/mol. The molecule has 0 spiro atoms. The SMILES string of the molecule is NCCCc1nc(C2CCOCC2)co1. The highest BCUT2D eigenvalue weighted by molar-refractivity contribution is 5.05. The second-order valence-electron chi connectivity index (χ2n) is 3.94. The highest BCUT2D eigenvalue weighted by atomic mass is 16.5. The zero-order valence-corrected chi connectivity index (χ0v) is 8.95. The van der Waals surface area contributed by atoms with Gasteiger partial charge in [-0.05, 0) is 25.8 Å². The van der Waals surface area contributed by atoms with Gasteiger partial charge in [-0.2, -0.15) is 0 Å². The van der Waals surface area contributed by atoms with Gasteiger partial charge in [-0.1, -0.05) is 0 Å². The average Bonchev–Trinajstić information content (AvgIpc) is 2.76. The molecule has 1 aliphatic heterocycles. The van der Waals surface area contributed by atoms with Crippen molar-refractivity contribution in [3.8, 4) is 0 Å². The van der Waals surface area contributed by atoms with E-state index in [0.717, 1.165) is 50.5 Å². The van der Waals surface area contributed by atoms with Gasteiger partial charge in [0.05, 0.1) is 5.69 Å². The summed E-state index contributed by atoms with van der Waals surface area (Å²) in [7, 11) is 0. The number of nitrogens with zero attached hydrogens (tertiary/aromatic N) is 1. The average molecular weight is 210 g/mol. The van der Waals surface area contributed by atoms with E-state index >= 15 is 0 Å². The van der Waals surface area contributed by atoms with Crippen LogP contribution in [-0.4, -0.2) is 24.7 Å². The van der Waals surface area contributed by atoms with Crippen LogP contribution >= 0.6 is 0 Å². The summed E-state index contributed by atoms with van der Waals surface area (Å²) in [4.78, 5) is 4.49. The van der Waals surface area contributed by atoms with Crippen LogP contribution in [0.2, 0.25) is 0 Å². The molecule has 1 aromatic rings. The van der Waals surface area contributed by atoms with Crippen LogP contribution in [0.1, 0.15) is 36.8 Å². The Morgan fingerprint density at radius 2 is 2.20 bits per heavy atom. The van der Waals surface area contributed by atoms with Crippen molar-refractivity contribution in [3.05, 3.63) is 17.8 Å². The second-order valence-corrected chi connectivity index (χ2v) is 3.94. The Labute approximate surface area is 89.8 Å². The lowest BCUT2D eigenvalue weighted by atomic mass is 9.97. The van der Waals surface area contributed by atoms with Crippen LogP contribution in [0.25, 0.3) is 0 Å². The summed E-state index contributed by atoms with van der Waals surface area (Å²) in [6, 6.07) is 0. The molecule has 0 aromatic carbocycles. The summed E-state index contributed by atoms with van der Waals surface area (Å²) in [5, 5.41) is 0. The number of rotatable bonds is 4. The lowest BCUT2D eigenvalue weighted by Gasteiger charge is -2.19. The smallest absolute Gasteiger partial charge is 0.194 e. The molecule has 2 heterocycles. The standard InChI is InChI=1S/C11H18N2O2/c12-5-1-2-11-13-10(8-15-11)9-3-6-14-7-4-9/h8-9H,1-7,12H2. The van der Waals surface area contributed by atoms with E-state index in [1.807, 2.05) is 0 Å². The number of aryl methyl sites for hydroxylation is 1. The minimum Gasteiger partial charge on any atom is -0.449 e. The molecule has 4 nitrogen and oxygen atoms in total. The first-order chi connectivity index (χ1) is 7.40. The lowest BCUT2D eigenvalue weighted by molar-refractivity contribution is 0.0845. The van der Waals surface area contributed by atoms with Gasteiger partial charge < -0.3 is 14.9 Å². The molecule has 1 fully saturated rings. The van der Waals surface area contributed by atoms with Crippen molar-refractivity contribution in [2.45, 2.75) is 31.6 Å². The van der Waals surface area contributed by atoms with Crippen LogP contribution in [-0.2, 0) is 11.2 Å². The summed E-state index contributed by atoms with van der Waals surface area (Å²) in [5.74, 6) is 1.34. The molecule has 1 aromatic heterocycles. The molecule has 15 heavy (non-hydrogen) atoms. The van der Waals surface area contributed by atoms with Crippen molar-refractivity contribution in [2.24, 2.45) is 5.73 Å². The van der Waals surface area contributed by atoms with Crippen LogP contribution in [0, 0.1) is 0 Å². The number of ether oxygens (including phenoxy) is 1. The molecule has 0 saturated carbocycles. The van der Waals surface area contributed by atoms with Crippen LogP contribution in [0.4, 0.5) is 0 Å². The molecule has 0 aliphatic carbocycles. The van der Waals surface area contributed by atoms with Crippen molar-refractivity contribution in [1.29, 1.82) is 0 Å². The molecule has 0 radical (unpaired) electrons. The van der Waals surface area contributed by atoms with E-state index in [9.17, 15) is 0 Å². The van der Waals surface area contributed by atoms with Gasteiger partial charge in [0.1, 0.15) is 6.26 Å². The summed E-state index contributed by atoms with van der Waals surface area (Å²) in [6.07, 6.45) is 5.70. The van der Waals surface area contributed by atoms with E-state index in [2.05, 4.69) is 4.98 Å². The van der Waals surface area contributed by atoms with Gasteiger partial charge in [-0.3, -0.25) is 0 Å². The molecule has 0 unspecified atom stereocenters. The van der Waals surface area contributed by atoms with Gasteiger partial charge in [0.25, 0.3) is 0 Å². The normalized spacial score (nSPS) is 18.2. The van der Waals surface area contributed by atoms with E-state index in [4.69, 9.17) is 14.9 Å². The first-order valence-corrected chi connectivity index (χ1v) is 5.62. The van der Waals surface area contributed by atoms with Gasteiger partial charge in [0.15, 0.2) is 5.89 Å². The Hall–Kier alpha value is -0.870. The van der Waals surface area contributed by atoms with Crippen molar-refractivity contribution >= 4 is 0 Å². The Morgan fingerprint density at radius 1 is 1.40 bits per heavy atom. The summed E-state index contributed by atoms with van der Waals surface area (Å²) in [5.41, 5.74) is 6.53. The van der Waals surface area contributed by atoms with E-state index in [-0.39, 0.29) is 0 Å². The fraction of sp³-hybridized carbons (Fsp3) is 0.727. The van der Waals surface area contributed by atoms with Crippen molar-refractivity contribution in [2.75, 3.05) is 19.8 Å². The maximum atomic E-state index is 5.44. The largest absolute Gasteiger partial charge is 0.449 e. The highest BCUT2D eigenvalue weighted by Crippen LogP contribution is 2.26. The fourth-order valence-electron chi connectivity index (χ4n) is 1.87. The maximum absolute atomic E-state index is 5.44. The van der Waals surface area contributed by atoms with E-state index in [1.165, 1.54) is 0 Å². The zero-order valence-electron chi connectivity index (χ0n) is 8.95. The van der Waals surface area contributed by atoms with Gasteiger partial charge in [-0.25, -0.2) is 4.98 Å². The number of aromatic nitrogens is 1. The maximum Gasteiger partial charge on any atom is 0.194 e. The third-order valence-corrected chi connectivity index (χ3v) is 2.80.